The third kappa shape index (κ3) is 5.21. The van der Waals surface area contributed by atoms with Crippen molar-refractivity contribution < 1.29 is 9.90 Å². The molecule has 244 valence electrons. The summed E-state index contributed by atoms with van der Waals surface area (Å²) in [4.78, 5) is 1.86. The number of nitrogens with zero attached hydrogens (tertiary/aromatic N) is 1. The minimum atomic E-state index is -0.137. The minimum Gasteiger partial charge on any atom is -0.455 e. The van der Waals surface area contributed by atoms with Crippen molar-refractivity contribution >= 4 is 60.5 Å². The highest BCUT2D eigenvalue weighted by Gasteiger charge is 2.20. The van der Waals surface area contributed by atoms with Crippen LogP contribution in [0.15, 0.2) is 205 Å². The second-order valence-electron chi connectivity index (χ2n) is 13.0. The van der Waals surface area contributed by atoms with Crippen LogP contribution in [-0.2, 0) is 0 Å². The molecular formula is C50H33NO. The molecule has 9 aromatic carbocycles. The molecule has 2 nitrogen and oxygen atoms in total. The predicted octanol–water partition coefficient (Wildman–Crippen LogP) is 14.4. The lowest BCUT2D eigenvalue weighted by molar-refractivity contribution is 0.672. The van der Waals surface area contributed by atoms with Gasteiger partial charge in [0.1, 0.15) is 11.2 Å². The van der Waals surface area contributed by atoms with Crippen LogP contribution in [0, 0.1) is 0 Å². The van der Waals surface area contributed by atoms with Crippen molar-refractivity contribution in [3.63, 3.8) is 0 Å². The van der Waals surface area contributed by atoms with Crippen LogP contribution in [0.3, 0.4) is 0 Å². The lowest BCUT2D eigenvalue weighted by atomic mass is 9.99. The fourth-order valence-corrected chi connectivity index (χ4v) is 7.30. The lowest BCUT2D eigenvalue weighted by Crippen LogP contribution is -2.10. The van der Waals surface area contributed by atoms with Crippen LogP contribution in [-0.4, -0.2) is 0 Å². The van der Waals surface area contributed by atoms with Crippen molar-refractivity contribution in [1.29, 1.82) is 0 Å². The average molecular weight is 668 g/mol. The number of fused-ring (bicyclic) bond motifs is 6. The average Bonchev–Trinajstić information content (AvgIpc) is 3.65. The first kappa shape index (κ1) is 26.0. The molecule has 52 heavy (non-hydrogen) atoms. The van der Waals surface area contributed by atoms with E-state index in [1.807, 2.05) is 126 Å². The highest BCUT2D eigenvalue weighted by atomic mass is 16.3. The number of hydrogen-bond donors (Lipinski definition) is 0. The molecule has 0 aliphatic heterocycles. The molecular weight excluding hydrogens is 631 g/mol. The zero-order valence-corrected chi connectivity index (χ0v) is 28.1. The van der Waals surface area contributed by atoms with Gasteiger partial charge in [-0.15, -0.1) is 0 Å². The van der Waals surface area contributed by atoms with Crippen LogP contribution in [0.25, 0.3) is 76.9 Å². The first-order valence-corrected chi connectivity index (χ1v) is 17.4. The molecule has 0 amide bonds. The Morgan fingerprint density at radius 2 is 0.981 bits per heavy atom. The molecule has 10 rings (SSSR count). The summed E-state index contributed by atoms with van der Waals surface area (Å²) in [6.45, 7) is 0. The third-order valence-electron chi connectivity index (χ3n) is 9.93. The van der Waals surface area contributed by atoms with Crippen molar-refractivity contribution in [2.24, 2.45) is 0 Å². The smallest absolute Gasteiger partial charge is 0.143 e. The lowest BCUT2D eigenvalue weighted by Gasteiger charge is -2.26. The minimum absolute atomic E-state index is 0.110. The fourth-order valence-electron chi connectivity index (χ4n) is 7.30. The molecule has 0 unspecified atom stereocenters. The number of hydrogen-bond acceptors (Lipinski definition) is 2. The zero-order chi connectivity index (χ0) is 37.9. The Balaban J connectivity index is 1.17. The molecule has 1 heterocycles. The molecule has 0 saturated heterocycles. The summed E-state index contributed by atoms with van der Waals surface area (Å²) in [6, 6.07) is 58.1. The van der Waals surface area contributed by atoms with Gasteiger partial charge in [-0.3, -0.25) is 0 Å². The molecule has 0 atom stereocenters. The molecule has 2 heteroatoms. The van der Waals surface area contributed by atoms with Crippen molar-refractivity contribution in [3.05, 3.63) is 200 Å². The summed E-state index contributed by atoms with van der Waals surface area (Å²) in [6.07, 6.45) is 0. The number of furan rings is 1. The van der Waals surface area contributed by atoms with E-state index in [1.54, 1.807) is 0 Å². The van der Waals surface area contributed by atoms with Crippen molar-refractivity contribution in [2.75, 3.05) is 4.90 Å². The molecule has 0 radical (unpaired) electrons. The van der Waals surface area contributed by atoms with E-state index in [0.717, 1.165) is 54.8 Å². The molecule has 0 saturated carbocycles. The van der Waals surface area contributed by atoms with Gasteiger partial charge in [-0.1, -0.05) is 152 Å². The van der Waals surface area contributed by atoms with Gasteiger partial charge in [-0.2, -0.15) is 0 Å². The maximum absolute atomic E-state index is 9.57. The first-order chi connectivity index (χ1) is 27.4. The Hall–Kier alpha value is -6.90. The van der Waals surface area contributed by atoms with Gasteiger partial charge in [0, 0.05) is 22.1 Å². The van der Waals surface area contributed by atoms with Gasteiger partial charge in [0.2, 0.25) is 0 Å². The van der Waals surface area contributed by atoms with Crippen LogP contribution < -0.4 is 4.90 Å². The molecule has 0 bridgehead atoms. The van der Waals surface area contributed by atoms with E-state index in [0.29, 0.717) is 22.5 Å². The maximum atomic E-state index is 9.57. The van der Waals surface area contributed by atoms with Crippen LogP contribution in [0.4, 0.5) is 17.1 Å². The van der Waals surface area contributed by atoms with E-state index < -0.39 is 0 Å². The van der Waals surface area contributed by atoms with Gasteiger partial charge in [0.25, 0.3) is 0 Å². The van der Waals surface area contributed by atoms with Crippen molar-refractivity contribution in [3.8, 4) is 33.4 Å². The van der Waals surface area contributed by atoms with Crippen LogP contribution in [0.5, 0.6) is 0 Å². The normalized spacial score (nSPS) is 12.5. The van der Waals surface area contributed by atoms with E-state index in [1.165, 1.54) is 5.39 Å². The highest BCUT2D eigenvalue weighted by molar-refractivity contribution is 6.19. The van der Waals surface area contributed by atoms with Crippen molar-refractivity contribution in [2.45, 2.75) is 0 Å². The molecule has 0 aliphatic rings. The van der Waals surface area contributed by atoms with E-state index in [-0.39, 0.29) is 35.4 Å². The summed E-state index contributed by atoms with van der Waals surface area (Å²) in [5.41, 5.74) is 8.00. The topological polar surface area (TPSA) is 16.4 Å². The third-order valence-corrected chi connectivity index (χ3v) is 9.93. The van der Waals surface area contributed by atoms with Crippen LogP contribution >= 0.6 is 0 Å². The first-order valence-electron chi connectivity index (χ1n) is 19.4. The van der Waals surface area contributed by atoms with Crippen molar-refractivity contribution in [1.82, 2.24) is 0 Å². The highest BCUT2D eigenvalue weighted by Crippen LogP contribution is 2.45. The van der Waals surface area contributed by atoms with E-state index in [9.17, 15) is 5.48 Å². The quantitative estimate of drug-likeness (QED) is 0.175. The van der Waals surface area contributed by atoms with E-state index in [4.69, 9.17) is 4.42 Å². The summed E-state index contributed by atoms with van der Waals surface area (Å²) in [5, 5.41) is 6.10. The number of rotatable bonds is 6. The van der Waals surface area contributed by atoms with E-state index in [2.05, 4.69) is 54.6 Å². The summed E-state index contributed by atoms with van der Waals surface area (Å²) in [5.74, 6) is 0. The molecule has 0 aliphatic carbocycles. The number of anilines is 3. The molecule has 0 N–H and O–H groups in total. The van der Waals surface area contributed by atoms with Gasteiger partial charge in [0.05, 0.1) is 16.6 Å². The molecule has 0 spiro atoms. The van der Waals surface area contributed by atoms with Gasteiger partial charge < -0.3 is 9.32 Å². The van der Waals surface area contributed by atoms with Crippen LogP contribution in [0.1, 0.15) is 5.48 Å². The Labute approximate surface area is 308 Å². The second kappa shape index (κ2) is 12.5. The maximum Gasteiger partial charge on any atom is 0.143 e. The monoisotopic (exact) mass is 667 g/mol. The summed E-state index contributed by atoms with van der Waals surface area (Å²) in [7, 11) is 0. The van der Waals surface area contributed by atoms with Gasteiger partial charge in [-0.25, -0.2) is 0 Å². The number of benzene rings is 9. The Morgan fingerprint density at radius 1 is 0.385 bits per heavy atom. The predicted molar refractivity (Wildman–Crippen MR) is 220 cm³/mol. The van der Waals surface area contributed by atoms with Gasteiger partial charge in [-0.05, 0) is 98.0 Å². The zero-order valence-electron chi connectivity index (χ0n) is 32.1. The molecule has 0 fully saturated rings. The van der Waals surface area contributed by atoms with E-state index >= 15 is 0 Å². The standard InChI is InChI=1S/C50H33NO/c1-2-9-34(10-3-1)36-17-19-37(20-18-36)38-23-28-43(29-24-38)51(44-30-25-39(26-31-44)42-22-21-35-11-4-5-13-41(35)33-42)47-15-8-16-48-49(47)46-32-27-40-12-6-7-14-45(40)50(46)52-48/h1-33H/i23D,24D,28D,29D. The largest absolute Gasteiger partial charge is 0.455 e. The summed E-state index contributed by atoms with van der Waals surface area (Å²) >= 11 is 0. The Morgan fingerprint density at radius 3 is 1.77 bits per heavy atom. The van der Waals surface area contributed by atoms with Gasteiger partial charge in [0.15, 0.2) is 0 Å². The molecule has 10 aromatic rings. The summed E-state index contributed by atoms with van der Waals surface area (Å²) < 4.78 is 44.5. The SMILES string of the molecule is [2H]c1c([2H])c(N(c2ccc(-c3ccc4ccccc4c3)cc2)c2cccc3oc4c5ccccc5ccc4c23)c([2H])c([2H])c1-c1ccc(-c2ccccc2)cc1. The Bertz CT molecular complexity index is 3090. The van der Waals surface area contributed by atoms with Gasteiger partial charge >= 0.3 is 0 Å². The second-order valence-corrected chi connectivity index (χ2v) is 13.0. The Kier molecular flexibility index (Phi) is 6.22. The fraction of sp³-hybridized carbons (Fsp3) is 0. The molecule has 1 aromatic heterocycles. The van der Waals surface area contributed by atoms with Crippen LogP contribution in [0.2, 0.25) is 0 Å².